The van der Waals surface area contributed by atoms with Gasteiger partial charge in [-0.15, -0.1) is 0 Å². The average Bonchev–Trinajstić information content (AvgIpc) is 3.26. The molecule has 1 fully saturated rings. The zero-order valence-electron chi connectivity index (χ0n) is 15.0. The van der Waals surface area contributed by atoms with Crippen molar-refractivity contribution in [2.24, 2.45) is 0 Å². The molecule has 0 bridgehead atoms. The number of nitrogens with one attached hydrogen (secondary N) is 1. The summed E-state index contributed by atoms with van der Waals surface area (Å²) in [6, 6.07) is 3.68. The van der Waals surface area contributed by atoms with E-state index in [0.717, 1.165) is 12.4 Å². The lowest BCUT2D eigenvalue weighted by Gasteiger charge is -2.36. The number of aromatic nitrogens is 4. The highest BCUT2D eigenvalue weighted by atomic mass is 16.5. The van der Waals surface area contributed by atoms with E-state index in [0.29, 0.717) is 19.7 Å². The Hall–Kier alpha value is -2.19. The summed E-state index contributed by atoms with van der Waals surface area (Å²) in [6.45, 7) is 8.76. The van der Waals surface area contributed by atoms with Crippen molar-refractivity contribution in [3.05, 3.63) is 30.7 Å². The van der Waals surface area contributed by atoms with Crippen LogP contribution in [0, 0.1) is 0 Å². The van der Waals surface area contributed by atoms with E-state index >= 15 is 0 Å². The maximum atomic E-state index is 12.7. The Labute approximate surface area is 147 Å². The van der Waals surface area contributed by atoms with E-state index in [1.807, 2.05) is 48.5 Å². The predicted molar refractivity (Wildman–Crippen MR) is 94.2 cm³/mol. The zero-order valence-corrected chi connectivity index (χ0v) is 15.0. The summed E-state index contributed by atoms with van der Waals surface area (Å²) in [5.41, 5.74) is 0. The first kappa shape index (κ1) is 17.6. The molecule has 1 aliphatic heterocycles. The number of carbonyl (C=O) groups excluding carboxylic acids is 1. The molecule has 0 spiro atoms. The topological polar surface area (TPSA) is 77.2 Å². The van der Waals surface area contributed by atoms with Crippen molar-refractivity contribution in [1.82, 2.24) is 24.5 Å². The Bertz CT molecular complexity index is 681. The van der Waals surface area contributed by atoms with Crippen LogP contribution in [0.2, 0.25) is 0 Å². The van der Waals surface area contributed by atoms with Gasteiger partial charge in [0, 0.05) is 37.6 Å². The molecule has 3 rings (SSSR count). The van der Waals surface area contributed by atoms with E-state index in [1.165, 1.54) is 0 Å². The molecule has 1 aliphatic rings. The third-order valence-corrected chi connectivity index (χ3v) is 4.46. The molecule has 0 aliphatic carbocycles. The van der Waals surface area contributed by atoms with Crippen LogP contribution in [-0.2, 0) is 16.1 Å². The second-order valence-electron chi connectivity index (χ2n) is 6.64. The maximum Gasteiger partial charge on any atom is 0.242 e. The van der Waals surface area contributed by atoms with Crippen LogP contribution in [0.15, 0.2) is 30.7 Å². The van der Waals surface area contributed by atoms with Crippen molar-refractivity contribution in [2.75, 3.05) is 25.0 Å². The fourth-order valence-corrected chi connectivity index (χ4v) is 3.04. The molecule has 2 aromatic heterocycles. The van der Waals surface area contributed by atoms with Crippen molar-refractivity contribution >= 4 is 11.7 Å². The number of morpholine rings is 1. The second-order valence-corrected chi connectivity index (χ2v) is 6.64. The Morgan fingerprint density at radius 2 is 2.20 bits per heavy atom. The number of hydrogen-bond acceptors (Lipinski definition) is 5. The van der Waals surface area contributed by atoms with Gasteiger partial charge < -0.3 is 10.1 Å². The van der Waals surface area contributed by atoms with Crippen LogP contribution in [0.4, 0.5) is 5.82 Å². The standard InChI is InChI=1S/C17H26N6O2/c1-13(2)23-16(5-7-19-23)20-17(24)14(3)21-9-10-25-15(11-21)12-22-8-4-6-18-22/h4-8,13-15H,9-12H2,1-3H3,(H,20,24)/t14-,15-/m0/s1. The van der Waals surface area contributed by atoms with E-state index in [2.05, 4.69) is 20.4 Å². The normalized spacial score (nSPS) is 19.9. The molecular weight excluding hydrogens is 320 g/mol. The molecule has 0 radical (unpaired) electrons. The van der Waals surface area contributed by atoms with Crippen molar-refractivity contribution < 1.29 is 9.53 Å². The van der Waals surface area contributed by atoms with Gasteiger partial charge in [-0.25, -0.2) is 4.68 Å². The fourth-order valence-electron chi connectivity index (χ4n) is 3.04. The van der Waals surface area contributed by atoms with Crippen LogP contribution in [0.1, 0.15) is 26.8 Å². The molecule has 136 valence electrons. The minimum atomic E-state index is -0.237. The van der Waals surface area contributed by atoms with Gasteiger partial charge in [-0.1, -0.05) is 0 Å². The highest BCUT2D eigenvalue weighted by molar-refractivity contribution is 5.93. The highest BCUT2D eigenvalue weighted by Gasteiger charge is 2.28. The number of carbonyl (C=O) groups is 1. The summed E-state index contributed by atoms with van der Waals surface area (Å²) in [6.07, 6.45) is 5.42. The second kappa shape index (κ2) is 7.79. The largest absolute Gasteiger partial charge is 0.374 e. The number of rotatable bonds is 6. The molecule has 0 saturated carbocycles. The molecule has 1 saturated heterocycles. The van der Waals surface area contributed by atoms with E-state index in [-0.39, 0.29) is 24.1 Å². The summed E-state index contributed by atoms with van der Waals surface area (Å²) in [5.74, 6) is 0.704. The number of hydrogen-bond donors (Lipinski definition) is 1. The van der Waals surface area contributed by atoms with Crippen molar-refractivity contribution in [3.8, 4) is 0 Å². The predicted octanol–water partition coefficient (Wildman–Crippen LogP) is 1.39. The number of amides is 1. The van der Waals surface area contributed by atoms with Gasteiger partial charge in [0.2, 0.25) is 5.91 Å². The Balaban J connectivity index is 1.58. The van der Waals surface area contributed by atoms with Crippen molar-refractivity contribution in [1.29, 1.82) is 0 Å². The minimum Gasteiger partial charge on any atom is -0.374 e. The lowest BCUT2D eigenvalue weighted by atomic mass is 10.2. The first-order valence-corrected chi connectivity index (χ1v) is 8.72. The molecule has 0 aromatic carbocycles. The van der Waals surface area contributed by atoms with E-state index in [1.54, 1.807) is 12.4 Å². The average molecular weight is 346 g/mol. The van der Waals surface area contributed by atoms with Crippen molar-refractivity contribution in [2.45, 2.75) is 45.5 Å². The lowest BCUT2D eigenvalue weighted by molar-refractivity contribution is -0.124. The molecular formula is C17H26N6O2. The van der Waals surface area contributed by atoms with Crippen LogP contribution in [0.25, 0.3) is 0 Å². The van der Waals surface area contributed by atoms with Gasteiger partial charge >= 0.3 is 0 Å². The maximum absolute atomic E-state index is 12.7. The smallest absolute Gasteiger partial charge is 0.242 e. The molecule has 3 heterocycles. The first-order valence-electron chi connectivity index (χ1n) is 8.72. The summed E-state index contributed by atoms with van der Waals surface area (Å²) >= 11 is 0. The molecule has 1 amide bonds. The third-order valence-electron chi connectivity index (χ3n) is 4.46. The first-order chi connectivity index (χ1) is 12.0. The molecule has 2 aromatic rings. The van der Waals surface area contributed by atoms with Gasteiger partial charge in [-0.2, -0.15) is 10.2 Å². The Morgan fingerprint density at radius 3 is 2.92 bits per heavy atom. The number of nitrogens with zero attached hydrogens (tertiary/aromatic N) is 5. The van der Waals surface area contributed by atoms with Gasteiger partial charge in [0.1, 0.15) is 5.82 Å². The van der Waals surface area contributed by atoms with Crippen LogP contribution >= 0.6 is 0 Å². The SMILES string of the molecule is CC(C)n1nccc1NC(=O)[C@H](C)N1CCO[C@H](Cn2cccn2)C1. The molecule has 1 N–H and O–H groups in total. The summed E-state index contributed by atoms with van der Waals surface area (Å²) in [7, 11) is 0. The van der Waals surface area contributed by atoms with E-state index < -0.39 is 0 Å². The molecule has 8 nitrogen and oxygen atoms in total. The molecule has 0 unspecified atom stereocenters. The van der Waals surface area contributed by atoms with Gasteiger partial charge in [-0.3, -0.25) is 14.4 Å². The zero-order chi connectivity index (χ0) is 17.8. The molecule has 25 heavy (non-hydrogen) atoms. The van der Waals surface area contributed by atoms with Gasteiger partial charge in [0.25, 0.3) is 0 Å². The Kier molecular flexibility index (Phi) is 5.50. The Morgan fingerprint density at radius 1 is 1.36 bits per heavy atom. The lowest BCUT2D eigenvalue weighted by Crippen LogP contribution is -2.51. The van der Waals surface area contributed by atoms with Crippen LogP contribution in [-0.4, -0.2) is 62.2 Å². The van der Waals surface area contributed by atoms with Gasteiger partial charge in [0.05, 0.1) is 31.5 Å². The van der Waals surface area contributed by atoms with Crippen LogP contribution in [0.5, 0.6) is 0 Å². The van der Waals surface area contributed by atoms with Crippen molar-refractivity contribution in [3.63, 3.8) is 0 Å². The van der Waals surface area contributed by atoms with E-state index in [9.17, 15) is 4.79 Å². The monoisotopic (exact) mass is 346 g/mol. The highest BCUT2D eigenvalue weighted by Crippen LogP contribution is 2.16. The van der Waals surface area contributed by atoms with Crippen LogP contribution < -0.4 is 5.32 Å². The molecule has 2 atom stereocenters. The van der Waals surface area contributed by atoms with Gasteiger partial charge in [-0.05, 0) is 26.8 Å². The number of ether oxygens (including phenoxy) is 1. The summed E-state index contributed by atoms with van der Waals surface area (Å²) in [4.78, 5) is 14.8. The summed E-state index contributed by atoms with van der Waals surface area (Å²) < 4.78 is 9.49. The fraction of sp³-hybridized carbons (Fsp3) is 0.588. The minimum absolute atomic E-state index is 0.0258. The van der Waals surface area contributed by atoms with Crippen LogP contribution in [0.3, 0.4) is 0 Å². The quantitative estimate of drug-likeness (QED) is 0.855. The summed E-state index contributed by atoms with van der Waals surface area (Å²) in [5, 5.41) is 11.5. The molecule has 8 heteroatoms. The third kappa shape index (κ3) is 4.26. The van der Waals surface area contributed by atoms with Gasteiger partial charge in [0.15, 0.2) is 0 Å². The number of anilines is 1. The van der Waals surface area contributed by atoms with E-state index in [4.69, 9.17) is 4.74 Å².